The molecule has 3 aromatic rings. The van der Waals surface area contributed by atoms with Gasteiger partial charge in [0.2, 0.25) is 0 Å². The van der Waals surface area contributed by atoms with Gasteiger partial charge in [-0.15, -0.1) is 0 Å². The number of nitrogens with zero attached hydrogens (tertiary/aromatic N) is 3. The quantitative estimate of drug-likeness (QED) is 0.560. The van der Waals surface area contributed by atoms with Crippen LogP contribution in [0.4, 0.5) is 4.39 Å². The molecule has 2 heterocycles. The van der Waals surface area contributed by atoms with Crippen LogP contribution in [0.5, 0.6) is 0 Å². The molecule has 0 saturated heterocycles. The van der Waals surface area contributed by atoms with Gasteiger partial charge in [-0.05, 0) is 42.2 Å². The second-order valence-electron chi connectivity index (χ2n) is 8.04. The van der Waals surface area contributed by atoms with Gasteiger partial charge in [0.1, 0.15) is 5.82 Å². The van der Waals surface area contributed by atoms with E-state index < -0.39 is 0 Å². The smallest absolute Gasteiger partial charge is 0.255 e. The van der Waals surface area contributed by atoms with Crippen molar-refractivity contribution in [2.24, 2.45) is 5.92 Å². The van der Waals surface area contributed by atoms with Gasteiger partial charge >= 0.3 is 0 Å². The number of hydrogen-bond acceptors (Lipinski definition) is 2. The van der Waals surface area contributed by atoms with Crippen LogP contribution in [0, 0.1) is 11.7 Å². The largest absolute Gasteiger partial charge is 0.327 e. The Balaban J connectivity index is 1.69. The van der Waals surface area contributed by atoms with Gasteiger partial charge in [-0.25, -0.2) is 4.39 Å². The van der Waals surface area contributed by atoms with Crippen molar-refractivity contribution in [3.8, 4) is 11.3 Å². The van der Waals surface area contributed by atoms with Crippen molar-refractivity contribution in [2.75, 3.05) is 0 Å². The van der Waals surface area contributed by atoms with Gasteiger partial charge in [-0.3, -0.25) is 9.48 Å². The zero-order valence-electron chi connectivity index (χ0n) is 17.1. The number of benzene rings is 2. The molecule has 1 aromatic heterocycles. The molecule has 1 aliphatic heterocycles. The van der Waals surface area contributed by atoms with Gasteiger partial charge in [-0.1, -0.05) is 45.0 Å². The van der Waals surface area contributed by atoms with Gasteiger partial charge in [0.25, 0.3) is 5.91 Å². The Morgan fingerprint density at radius 3 is 2.66 bits per heavy atom. The monoisotopic (exact) mass is 391 g/mol. The minimum Gasteiger partial charge on any atom is -0.327 e. The minimum atomic E-state index is -0.274. The van der Waals surface area contributed by atoms with Crippen molar-refractivity contribution >= 4 is 5.91 Å². The number of carbonyl (C=O) groups excluding carboxylic acids is 1. The third kappa shape index (κ3) is 3.57. The number of hydrogen-bond donors (Lipinski definition) is 0. The molecule has 5 heteroatoms. The van der Waals surface area contributed by atoms with E-state index in [2.05, 4.69) is 31.9 Å². The van der Waals surface area contributed by atoms with Gasteiger partial charge in [0.05, 0.1) is 11.7 Å². The first-order valence-electron chi connectivity index (χ1n) is 10.2. The van der Waals surface area contributed by atoms with Gasteiger partial charge in [0.15, 0.2) is 0 Å². The Kier molecular flexibility index (Phi) is 5.22. The van der Waals surface area contributed by atoms with Crippen LogP contribution in [0.15, 0.2) is 54.7 Å². The average Bonchev–Trinajstić information content (AvgIpc) is 3.25. The van der Waals surface area contributed by atoms with Gasteiger partial charge < -0.3 is 4.90 Å². The molecule has 4 rings (SSSR count). The number of amides is 1. The van der Waals surface area contributed by atoms with Crippen LogP contribution in [0.2, 0.25) is 0 Å². The molecular formula is C24H26FN3O. The van der Waals surface area contributed by atoms with Crippen molar-refractivity contribution in [3.05, 3.63) is 77.2 Å². The van der Waals surface area contributed by atoms with E-state index in [0.717, 1.165) is 29.8 Å². The van der Waals surface area contributed by atoms with Crippen LogP contribution in [0.1, 0.15) is 54.7 Å². The predicted molar refractivity (Wildman–Crippen MR) is 112 cm³/mol. The highest BCUT2D eigenvalue weighted by Gasteiger charge is 2.36. The van der Waals surface area contributed by atoms with E-state index in [9.17, 15) is 9.18 Å². The lowest BCUT2D eigenvalue weighted by Crippen LogP contribution is -2.27. The van der Waals surface area contributed by atoms with E-state index in [0.29, 0.717) is 17.0 Å². The molecule has 1 amide bonds. The number of aromatic nitrogens is 2. The first-order valence-corrected chi connectivity index (χ1v) is 10.2. The van der Waals surface area contributed by atoms with Crippen molar-refractivity contribution in [3.63, 3.8) is 0 Å². The summed E-state index contributed by atoms with van der Waals surface area (Å²) in [5.74, 6) is 0.186. The van der Waals surface area contributed by atoms with Gasteiger partial charge in [0, 0.05) is 36.0 Å². The molecule has 0 bridgehead atoms. The highest BCUT2D eigenvalue weighted by atomic mass is 19.1. The zero-order valence-corrected chi connectivity index (χ0v) is 17.1. The first kappa shape index (κ1) is 19.4. The van der Waals surface area contributed by atoms with Crippen LogP contribution < -0.4 is 0 Å². The molecule has 150 valence electrons. The molecule has 1 unspecified atom stereocenters. The third-order valence-electron chi connectivity index (χ3n) is 5.51. The number of fused-ring (bicyclic) bond motifs is 1. The van der Waals surface area contributed by atoms with Crippen molar-refractivity contribution in [2.45, 2.75) is 46.3 Å². The van der Waals surface area contributed by atoms with Gasteiger partial charge in [-0.2, -0.15) is 5.10 Å². The molecular weight excluding hydrogens is 365 g/mol. The Labute approximate surface area is 171 Å². The molecule has 0 saturated carbocycles. The lowest BCUT2D eigenvalue weighted by atomic mass is 9.98. The normalized spacial score (nSPS) is 16.0. The summed E-state index contributed by atoms with van der Waals surface area (Å²) in [5.41, 5.74) is 4.38. The topological polar surface area (TPSA) is 38.1 Å². The second kappa shape index (κ2) is 7.82. The van der Waals surface area contributed by atoms with E-state index in [-0.39, 0.29) is 24.3 Å². The molecule has 29 heavy (non-hydrogen) atoms. The van der Waals surface area contributed by atoms with Crippen LogP contribution in [-0.2, 0) is 13.1 Å². The van der Waals surface area contributed by atoms with Crippen molar-refractivity contribution in [1.82, 2.24) is 14.7 Å². The third-order valence-corrected chi connectivity index (χ3v) is 5.51. The molecule has 1 aliphatic rings. The lowest BCUT2D eigenvalue weighted by molar-refractivity contribution is 0.0704. The van der Waals surface area contributed by atoms with E-state index >= 15 is 0 Å². The summed E-state index contributed by atoms with van der Waals surface area (Å²) in [6.45, 7) is 7.52. The maximum atomic E-state index is 14.2. The predicted octanol–water partition coefficient (Wildman–Crippen LogP) is 5.45. The zero-order chi connectivity index (χ0) is 20.5. The second-order valence-corrected chi connectivity index (χ2v) is 8.04. The molecule has 1 atom stereocenters. The summed E-state index contributed by atoms with van der Waals surface area (Å²) in [4.78, 5) is 14.9. The Morgan fingerprint density at radius 2 is 1.93 bits per heavy atom. The Morgan fingerprint density at radius 1 is 1.14 bits per heavy atom. The minimum absolute atomic E-state index is 0.0302. The van der Waals surface area contributed by atoms with E-state index in [1.165, 1.54) is 6.07 Å². The maximum absolute atomic E-state index is 14.2. The highest BCUT2D eigenvalue weighted by molar-refractivity contribution is 5.99. The number of carbonyl (C=O) groups is 1. The van der Waals surface area contributed by atoms with Crippen LogP contribution in [-0.4, -0.2) is 20.6 Å². The maximum Gasteiger partial charge on any atom is 0.255 e. The first-order chi connectivity index (χ1) is 14.0. The molecule has 2 aromatic carbocycles. The SMILES string of the molecule is CCC1c2cc(-c3ccnn3CC(C)C)ccc2C(=O)N1Cc1ccccc1F. The molecule has 0 aliphatic carbocycles. The average molecular weight is 391 g/mol. The van der Waals surface area contributed by atoms with E-state index in [1.54, 1.807) is 23.1 Å². The van der Waals surface area contributed by atoms with Crippen LogP contribution in [0.25, 0.3) is 11.3 Å². The fourth-order valence-corrected chi connectivity index (χ4v) is 4.16. The lowest BCUT2D eigenvalue weighted by Gasteiger charge is -2.24. The summed E-state index contributed by atoms with van der Waals surface area (Å²) in [6.07, 6.45) is 2.60. The summed E-state index contributed by atoms with van der Waals surface area (Å²) in [7, 11) is 0. The van der Waals surface area contributed by atoms with E-state index in [4.69, 9.17) is 0 Å². The fourth-order valence-electron chi connectivity index (χ4n) is 4.16. The molecule has 0 fully saturated rings. The summed E-state index contributed by atoms with van der Waals surface area (Å²) >= 11 is 0. The fraction of sp³-hybridized carbons (Fsp3) is 0.333. The Hall–Kier alpha value is -2.95. The molecule has 4 nitrogen and oxygen atoms in total. The molecule has 0 radical (unpaired) electrons. The standard InChI is InChI=1S/C24H26FN3O/c1-4-22-20-13-17(23-11-12-26-28(23)14-16(2)3)9-10-19(20)24(29)27(22)15-18-7-5-6-8-21(18)25/h5-13,16,22H,4,14-15H2,1-3H3. The van der Waals surface area contributed by atoms with Crippen LogP contribution in [0.3, 0.4) is 0 Å². The number of rotatable bonds is 6. The Bertz CT molecular complexity index is 1040. The van der Waals surface area contributed by atoms with E-state index in [1.807, 2.05) is 29.1 Å². The summed E-state index contributed by atoms with van der Waals surface area (Å²) < 4.78 is 16.2. The van der Waals surface area contributed by atoms with Crippen molar-refractivity contribution < 1.29 is 9.18 Å². The van der Waals surface area contributed by atoms with Crippen molar-refractivity contribution in [1.29, 1.82) is 0 Å². The number of halogens is 1. The van der Waals surface area contributed by atoms with Crippen LogP contribution >= 0.6 is 0 Å². The summed E-state index contributed by atoms with van der Waals surface area (Å²) in [6, 6.07) is 14.6. The molecule has 0 spiro atoms. The summed E-state index contributed by atoms with van der Waals surface area (Å²) in [5, 5.41) is 4.46. The highest BCUT2D eigenvalue weighted by Crippen LogP contribution is 2.39. The molecule has 0 N–H and O–H groups in total.